The molecule has 0 radical (unpaired) electrons. The third-order valence-electron chi connectivity index (χ3n) is 4.06. The Hall–Kier alpha value is -0.870. The van der Waals surface area contributed by atoms with E-state index >= 15 is 0 Å². The Kier molecular flexibility index (Phi) is 5.16. The summed E-state index contributed by atoms with van der Waals surface area (Å²) < 4.78 is 6.07. The molecule has 4 nitrogen and oxygen atoms in total. The van der Waals surface area contributed by atoms with Gasteiger partial charge in [-0.15, -0.1) is 0 Å². The molecule has 1 saturated heterocycles. The lowest BCUT2D eigenvalue weighted by Crippen LogP contribution is -2.35. The van der Waals surface area contributed by atoms with Crippen molar-refractivity contribution in [2.24, 2.45) is 11.3 Å². The summed E-state index contributed by atoms with van der Waals surface area (Å²) in [6.45, 7) is 9.71. The van der Waals surface area contributed by atoms with Crippen LogP contribution in [0.5, 0.6) is 0 Å². The molecule has 1 aliphatic carbocycles. The maximum absolute atomic E-state index is 9.49. The lowest BCUT2D eigenvalue weighted by atomic mass is 9.67. The van der Waals surface area contributed by atoms with Gasteiger partial charge < -0.3 is 14.9 Å². The van der Waals surface area contributed by atoms with Crippen molar-refractivity contribution in [3.8, 4) is 0 Å². The van der Waals surface area contributed by atoms with Crippen LogP contribution in [0.4, 0.5) is 0 Å². The molecule has 0 aromatic heterocycles. The highest BCUT2D eigenvalue weighted by Gasteiger charge is 2.52. The molecule has 0 amide bonds. The van der Waals surface area contributed by atoms with E-state index < -0.39 is 5.97 Å². The van der Waals surface area contributed by atoms with E-state index in [1.54, 1.807) is 0 Å². The van der Waals surface area contributed by atoms with E-state index in [-0.39, 0.29) is 17.6 Å². The minimum absolute atomic E-state index is 0.212. The van der Waals surface area contributed by atoms with E-state index in [4.69, 9.17) is 14.6 Å². The molecule has 0 aromatic carbocycles. The summed E-state index contributed by atoms with van der Waals surface area (Å²) in [6.07, 6.45) is 4.39. The van der Waals surface area contributed by atoms with Gasteiger partial charge >= 0.3 is 0 Å². The number of fused-ring (bicyclic) bond motifs is 2. The van der Waals surface area contributed by atoms with Gasteiger partial charge in [-0.2, -0.15) is 0 Å². The van der Waals surface area contributed by atoms with Crippen LogP contribution >= 0.6 is 0 Å². The molecule has 19 heavy (non-hydrogen) atoms. The molecule has 2 N–H and O–H groups in total. The average molecular weight is 270 g/mol. The zero-order valence-electron chi connectivity index (χ0n) is 12.5. The number of aliphatic carboxylic acids is 1. The Morgan fingerprint density at radius 3 is 2.58 bits per heavy atom. The Balaban J connectivity index is 0.000000399. The van der Waals surface area contributed by atoms with Crippen LogP contribution in [0.25, 0.3) is 0 Å². The summed E-state index contributed by atoms with van der Waals surface area (Å²) in [5.74, 6) is -0.342. The third kappa shape index (κ3) is 3.80. The fraction of sp³-hybridized carbons (Fsp3) is 0.800. The molecule has 2 aliphatic rings. The third-order valence-corrected chi connectivity index (χ3v) is 4.06. The predicted octanol–water partition coefficient (Wildman–Crippen LogP) is 2.61. The van der Waals surface area contributed by atoms with Crippen molar-refractivity contribution in [2.45, 2.75) is 65.8 Å². The standard InChI is InChI=1S/C13H22O2.C2H4O2/c1-8-5-6-11-13(3,4)12(8)10(15-11)7-9(2)14;1-2(3)4/h5,9-12,14H,6-7H2,1-4H3;1H3,(H,3,4). The molecular weight excluding hydrogens is 244 g/mol. The van der Waals surface area contributed by atoms with Gasteiger partial charge in [-0.25, -0.2) is 0 Å². The van der Waals surface area contributed by atoms with Crippen LogP contribution in [0.1, 0.15) is 47.5 Å². The van der Waals surface area contributed by atoms with Gasteiger partial charge in [0.15, 0.2) is 0 Å². The first kappa shape index (κ1) is 16.2. The number of hydrogen-bond acceptors (Lipinski definition) is 3. The maximum Gasteiger partial charge on any atom is 0.300 e. The number of carboxylic acids is 1. The summed E-state index contributed by atoms with van der Waals surface area (Å²) in [5, 5.41) is 16.9. The van der Waals surface area contributed by atoms with Gasteiger partial charge in [0.1, 0.15) is 0 Å². The normalized spacial score (nSPS) is 32.9. The van der Waals surface area contributed by atoms with Crippen molar-refractivity contribution in [2.75, 3.05) is 0 Å². The van der Waals surface area contributed by atoms with E-state index in [1.807, 2.05) is 6.92 Å². The zero-order chi connectivity index (χ0) is 14.8. The van der Waals surface area contributed by atoms with E-state index in [0.717, 1.165) is 19.8 Å². The second kappa shape index (κ2) is 6.06. The Morgan fingerprint density at radius 1 is 1.58 bits per heavy atom. The fourth-order valence-corrected chi connectivity index (χ4v) is 3.33. The number of hydrogen-bond donors (Lipinski definition) is 2. The Morgan fingerprint density at radius 2 is 2.11 bits per heavy atom. The van der Waals surface area contributed by atoms with Gasteiger partial charge in [0, 0.05) is 18.3 Å². The molecule has 0 saturated carbocycles. The average Bonchev–Trinajstić information content (AvgIpc) is 2.36. The first-order valence-electron chi connectivity index (χ1n) is 6.86. The minimum atomic E-state index is -0.833. The second-order valence-corrected chi connectivity index (χ2v) is 6.25. The zero-order valence-corrected chi connectivity index (χ0v) is 12.5. The summed E-state index contributed by atoms with van der Waals surface area (Å²) >= 11 is 0. The lowest BCUT2D eigenvalue weighted by molar-refractivity contribution is -0.134. The highest BCUT2D eigenvalue weighted by atomic mass is 16.5. The molecule has 2 rings (SSSR count). The quantitative estimate of drug-likeness (QED) is 0.757. The Bertz CT molecular complexity index is 353. The van der Waals surface area contributed by atoms with E-state index in [2.05, 4.69) is 26.8 Å². The topological polar surface area (TPSA) is 66.8 Å². The number of ether oxygens (including phenoxy) is 1. The molecule has 4 atom stereocenters. The van der Waals surface area contributed by atoms with Crippen molar-refractivity contribution in [3.05, 3.63) is 11.6 Å². The lowest BCUT2D eigenvalue weighted by Gasteiger charge is -2.35. The van der Waals surface area contributed by atoms with Crippen molar-refractivity contribution >= 4 is 5.97 Å². The SMILES string of the molecule is CC(=O)O.CC1=CCC2OC(CC(C)O)C1C2(C)C. The number of aliphatic hydroxyl groups is 1. The number of aliphatic hydroxyl groups excluding tert-OH is 1. The molecular formula is C15H26O4. The first-order valence-corrected chi connectivity index (χ1v) is 6.86. The molecule has 0 aromatic rings. The molecule has 2 bridgehead atoms. The van der Waals surface area contributed by atoms with Gasteiger partial charge in [0.2, 0.25) is 0 Å². The first-order chi connectivity index (χ1) is 8.66. The van der Waals surface area contributed by atoms with Gasteiger partial charge in [0.25, 0.3) is 5.97 Å². The van der Waals surface area contributed by atoms with Crippen LogP contribution in [0.15, 0.2) is 11.6 Å². The number of carboxylic acid groups (broad SMARTS) is 1. The second-order valence-electron chi connectivity index (χ2n) is 6.25. The molecule has 4 heteroatoms. The maximum atomic E-state index is 9.49. The van der Waals surface area contributed by atoms with E-state index in [9.17, 15) is 5.11 Å². The molecule has 4 unspecified atom stereocenters. The van der Waals surface area contributed by atoms with Crippen molar-refractivity contribution < 1.29 is 19.7 Å². The molecule has 0 spiro atoms. The van der Waals surface area contributed by atoms with Gasteiger partial charge in [0.05, 0.1) is 18.3 Å². The van der Waals surface area contributed by atoms with Crippen LogP contribution in [0, 0.1) is 11.3 Å². The largest absolute Gasteiger partial charge is 0.481 e. The van der Waals surface area contributed by atoms with Crippen LogP contribution in [-0.4, -0.2) is 34.5 Å². The fourth-order valence-electron chi connectivity index (χ4n) is 3.33. The Labute approximate surface area is 115 Å². The van der Waals surface area contributed by atoms with Crippen molar-refractivity contribution in [1.82, 2.24) is 0 Å². The summed E-state index contributed by atoms with van der Waals surface area (Å²) in [6, 6.07) is 0. The van der Waals surface area contributed by atoms with Crippen LogP contribution in [0.2, 0.25) is 0 Å². The van der Waals surface area contributed by atoms with Crippen LogP contribution < -0.4 is 0 Å². The monoisotopic (exact) mass is 270 g/mol. The summed E-state index contributed by atoms with van der Waals surface area (Å²) in [4.78, 5) is 9.00. The van der Waals surface area contributed by atoms with E-state index in [0.29, 0.717) is 12.0 Å². The molecule has 110 valence electrons. The summed E-state index contributed by atoms with van der Waals surface area (Å²) in [7, 11) is 0. The molecule has 1 fully saturated rings. The highest BCUT2D eigenvalue weighted by molar-refractivity contribution is 5.62. The van der Waals surface area contributed by atoms with Gasteiger partial charge in [-0.1, -0.05) is 25.5 Å². The minimum Gasteiger partial charge on any atom is -0.481 e. The van der Waals surface area contributed by atoms with Crippen LogP contribution in [-0.2, 0) is 9.53 Å². The molecule has 1 aliphatic heterocycles. The smallest absolute Gasteiger partial charge is 0.300 e. The van der Waals surface area contributed by atoms with Crippen LogP contribution in [0.3, 0.4) is 0 Å². The number of carbonyl (C=O) groups is 1. The van der Waals surface area contributed by atoms with E-state index in [1.165, 1.54) is 5.57 Å². The highest BCUT2D eigenvalue weighted by Crippen LogP contribution is 2.52. The summed E-state index contributed by atoms with van der Waals surface area (Å²) in [5.41, 5.74) is 1.68. The van der Waals surface area contributed by atoms with Gasteiger partial charge in [-0.3, -0.25) is 4.79 Å². The molecule has 1 heterocycles. The van der Waals surface area contributed by atoms with Gasteiger partial charge in [-0.05, 0) is 26.7 Å². The van der Waals surface area contributed by atoms with Crippen molar-refractivity contribution in [1.29, 1.82) is 0 Å². The predicted molar refractivity (Wildman–Crippen MR) is 73.9 cm³/mol. The van der Waals surface area contributed by atoms with Crippen molar-refractivity contribution in [3.63, 3.8) is 0 Å². The number of rotatable bonds is 2.